The van der Waals surface area contributed by atoms with Crippen LogP contribution in [0.5, 0.6) is 0 Å². The van der Waals surface area contributed by atoms with Crippen molar-refractivity contribution < 1.29 is 22.8 Å². The predicted molar refractivity (Wildman–Crippen MR) is 93.1 cm³/mol. The van der Waals surface area contributed by atoms with Gasteiger partial charge in [0.1, 0.15) is 6.54 Å². The lowest BCUT2D eigenvalue weighted by molar-refractivity contribution is -0.116. The molecule has 8 nitrogen and oxygen atoms in total. The molecule has 1 heterocycles. The number of nitrogens with one attached hydrogen (secondary N) is 2. The highest BCUT2D eigenvalue weighted by atomic mass is 32.2. The van der Waals surface area contributed by atoms with Crippen molar-refractivity contribution in [2.24, 2.45) is 0 Å². The van der Waals surface area contributed by atoms with Crippen molar-refractivity contribution in [1.29, 1.82) is 0 Å². The quantitative estimate of drug-likeness (QED) is 0.754. The smallest absolute Gasteiger partial charge is 0.262 e. The number of benzene rings is 2. The normalized spacial score (nSPS) is 13.7. The van der Waals surface area contributed by atoms with Crippen LogP contribution in [0.3, 0.4) is 0 Å². The van der Waals surface area contributed by atoms with Crippen LogP contribution in [0.25, 0.3) is 0 Å². The highest BCUT2D eigenvalue weighted by Gasteiger charge is 2.36. The molecule has 3 rings (SSSR count). The first-order chi connectivity index (χ1) is 12.3. The Morgan fingerprint density at radius 2 is 1.50 bits per heavy atom. The fourth-order valence-electron chi connectivity index (χ4n) is 2.56. The summed E-state index contributed by atoms with van der Waals surface area (Å²) in [7, 11) is -2.27. The molecule has 0 radical (unpaired) electrons. The van der Waals surface area contributed by atoms with Gasteiger partial charge >= 0.3 is 0 Å². The van der Waals surface area contributed by atoms with Gasteiger partial charge in [-0.25, -0.2) is 13.1 Å². The molecule has 0 aliphatic carbocycles. The maximum Gasteiger partial charge on any atom is 0.262 e. The van der Waals surface area contributed by atoms with E-state index in [-0.39, 0.29) is 16.0 Å². The first-order valence-electron chi connectivity index (χ1n) is 7.62. The highest BCUT2D eigenvalue weighted by molar-refractivity contribution is 7.89. The van der Waals surface area contributed by atoms with Gasteiger partial charge in [-0.15, -0.1) is 0 Å². The van der Waals surface area contributed by atoms with E-state index in [1.54, 1.807) is 12.1 Å². The van der Waals surface area contributed by atoms with Crippen LogP contribution >= 0.6 is 0 Å². The number of rotatable bonds is 5. The number of fused-ring (bicyclic) bond motifs is 1. The van der Waals surface area contributed by atoms with Crippen LogP contribution in [0.2, 0.25) is 0 Å². The average molecular weight is 373 g/mol. The summed E-state index contributed by atoms with van der Waals surface area (Å²) in [6.45, 7) is -0.428. The van der Waals surface area contributed by atoms with Crippen molar-refractivity contribution >= 4 is 33.4 Å². The lowest BCUT2D eigenvalue weighted by Crippen LogP contribution is -2.37. The second-order valence-electron chi connectivity index (χ2n) is 5.52. The van der Waals surface area contributed by atoms with Crippen LogP contribution in [-0.2, 0) is 14.8 Å². The molecule has 0 aromatic heterocycles. The Hall–Kier alpha value is -3.04. The monoisotopic (exact) mass is 373 g/mol. The van der Waals surface area contributed by atoms with E-state index in [0.29, 0.717) is 5.69 Å². The van der Waals surface area contributed by atoms with Crippen LogP contribution in [0.4, 0.5) is 5.69 Å². The second-order valence-corrected chi connectivity index (χ2v) is 7.41. The summed E-state index contributed by atoms with van der Waals surface area (Å²) in [5.41, 5.74) is 0.889. The van der Waals surface area contributed by atoms with Crippen molar-refractivity contribution in [1.82, 2.24) is 9.62 Å². The summed E-state index contributed by atoms with van der Waals surface area (Å²) in [5.74, 6) is -1.60. The maximum absolute atomic E-state index is 12.2. The summed E-state index contributed by atoms with van der Waals surface area (Å²) in [6.07, 6.45) is 0. The SMILES string of the molecule is CNS(=O)(=O)c1ccc(NC(=O)CN2C(=O)c3ccccc3C2=O)cc1. The van der Waals surface area contributed by atoms with Crippen LogP contribution in [0.15, 0.2) is 53.4 Å². The number of nitrogens with zero attached hydrogens (tertiary/aromatic N) is 1. The molecule has 26 heavy (non-hydrogen) atoms. The molecule has 9 heteroatoms. The lowest BCUT2D eigenvalue weighted by atomic mass is 10.1. The summed E-state index contributed by atoms with van der Waals surface area (Å²) < 4.78 is 25.5. The number of carbonyl (C=O) groups excluding carboxylic acids is 3. The van der Waals surface area contributed by atoms with E-state index in [1.807, 2.05) is 0 Å². The Kier molecular flexibility index (Phi) is 4.58. The summed E-state index contributed by atoms with van der Waals surface area (Å²) >= 11 is 0. The van der Waals surface area contributed by atoms with Gasteiger partial charge in [-0.3, -0.25) is 19.3 Å². The van der Waals surface area contributed by atoms with E-state index in [9.17, 15) is 22.8 Å². The third kappa shape index (κ3) is 3.22. The van der Waals surface area contributed by atoms with Crippen molar-refractivity contribution in [3.8, 4) is 0 Å². The number of anilines is 1. The first-order valence-corrected chi connectivity index (χ1v) is 9.10. The molecule has 2 N–H and O–H groups in total. The molecule has 2 aromatic carbocycles. The molecule has 1 aliphatic rings. The number of hydrogen-bond acceptors (Lipinski definition) is 5. The molecule has 0 atom stereocenters. The van der Waals surface area contributed by atoms with Gasteiger partial charge in [0, 0.05) is 5.69 Å². The van der Waals surface area contributed by atoms with Crippen LogP contribution < -0.4 is 10.0 Å². The van der Waals surface area contributed by atoms with E-state index in [1.165, 1.54) is 43.4 Å². The van der Waals surface area contributed by atoms with E-state index in [2.05, 4.69) is 10.0 Å². The Morgan fingerprint density at radius 1 is 0.962 bits per heavy atom. The molecule has 0 bridgehead atoms. The van der Waals surface area contributed by atoms with Gasteiger partial charge in [0.2, 0.25) is 15.9 Å². The van der Waals surface area contributed by atoms with Crippen LogP contribution in [0, 0.1) is 0 Å². The predicted octanol–water partition coefficient (Wildman–Crippen LogP) is 0.829. The molecule has 0 fully saturated rings. The minimum atomic E-state index is -3.57. The lowest BCUT2D eigenvalue weighted by Gasteiger charge is -2.13. The molecular weight excluding hydrogens is 358 g/mol. The van der Waals surface area contributed by atoms with Crippen molar-refractivity contribution in [2.75, 3.05) is 18.9 Å². The van der Waals surface area contributed by atoms with Gasteiger partial charge in [0.05, 0.1) is 16.0 Å². The van der Waals surface area contributed by atoms with E-state index < -0.39 is 34.3 Å². The third-order valence-electron chi connectivity index (χ3n) is 3.90. The number of hydrogen-bond donors (Lipinski definition) is 2. The average Bonchev–Trinajstić information content (AvgIpc) is 2.87. The Morgan fingerprint density at radius 3 is 2.00 bits per heavy atom. The van der Waals surface area contributed by atoms with E-state index in [4.69, 9.17) is 0 Å². The maximum atomic E-state index is 12.2. The molecule has 1 aliphatic heterocycles. The second kappa shape index (κ2) is 6.70. The number of carbonyl (C=O) groups is 3. The Bertz CT molecular complexity index is 964. The molecule has 0 saturated carbocycles. The standard InChI is InChI=1S/C17H15N3O5S/c1-18-26(24,25)12-8-6-11(7-9-12)19-15(21)10-20-16(22)13-4-2-3-5-14(13)17(20)23/h2-9,18H,10H2,1H3,(H,19,21). The Balaban J connectivity index is 1.69. The van der Waals surface area contributed by atoms with Crippen molar-refractivity contribution in [2.45, 2.75) is 4.90 Å². The van der Waals surface area contributed by atoms with Gasteiger partial charge in [0.15, 0.2) is 0 Å². The molecule has 0 saturated heterocycles. The van der Waals surface area contributed by atoms with E-state index >= 15 is 0 Å². The summed E-state index contributed by atoms with van der Waals surface area (Å²) in [5, 5.41) is 2.53. The number of amides is 3. The zero-order valence-corrected chi connectivity index (χ0v) is 14.5. The summed E-state index contributed by atoms with van der Waals surface area (Å²) in [4.78, 5) is 37.6. The number of sulfonamides is 1. The highest BCUT2D eigenvalue weighted by Crippen LogP contribution is 2.22. The number of imide groups is 1. The zero-order valence-electron chi connectivity index (χ0n) is 13.7. The minimum absolute atomic E-state index is 0.0540. The largest absolute Gasteiger partial charge is 0.325 e. The van der Waals surface area contributed by atoms with Gasteiger partial charge in [-0.2, -0.15) is 0 Å². The molecule has 134 valence electrons. The third-order valence-corrected chi connectivity index (χ3v) is 5.33. The fraction of sp³-hybridized carbons (Fsp3) is 0.118. The van der Waals surface area contributed by atoms with Gasteiger partial charge in [0.25, 0.3) is 11.8 Å². The molecule has 0 unspecified atom stereocenters. The minimum Gasteiger partial charge on any atom is -0.325 e. The topological polar surface area (TPSA) is 113 Å². The zero-order chi connectivity index (χ0) is 18.9. The first kappa shape index (κ1) is 17.8. The molecule has 2 aromatic rings. The van der Waals surface area contributed by atoms with Crippen molar-refractivity contribution in [3.05, 3.63) is 59.7 Å². The van der Waals surface area contributed by atoms with Crippen LogP contribution in [-0.4, -0.2) is 44.6 Å². The Labute approximate surface area is 149 Å². The van der Waals surface area contributed by atoms with Gasteiger partial charge in [-0.05, 0) is 43.4 Å². The molecule has 3 amide bonds. The van der Waals surface area contributed by atoms with Crippen LogP contribution in [0.1, 0.15) is 20.7 Å². The van der Waals surface area contributed by atoms with Crippen molar-refractivity contribution in [3.63, 3.8) is 0 Å². The molecule has 0 spiro atoms. The van der Waals surface area contributed by atoms with E-state index in [0.717, 1.165) is 4.90 Å². The van der Waals surface area contributed by atoms with Gasteiger partial charge in [-0.1, -0.05) is 12.1 Å². The van der Waals surface area contributed by atoms with Gasteiger partial charge < -0.3 is 5.32 Å². The summed E-state index contributed by atoms with van der Waals surface area (Å²) in [6, 6.07) is 11.9. The fourth-order valence-corrected chi connectivity index (χ4v) is 3.29. The molecular formula is C17H15N3O5S.